The van der Waals surface area contributed by atoms with Crippen molar-refractivity contribution in [2.75, 3.05) is 31.1 Å². The summed E-state index contributed by atoms with van der Waals surface area (Å²) < 4.78 is 53.0. The molecule has 0 saturated carbocycles. The fraction of sp³-hybridized carbons (Fsp3) is 0.250. The number of sulfonamides is 1. The molecule has 2 aromatic rings. The van der Waals surface area contributed by atoms with Gasteiger partial charge in [-0.3, -0.25) is 0 Å². The number of piperazine rings is 1. The van der Waals surface area contributed by atoms with Gasteiger partial charge < -0.3 is 4.90 Å². The number of halogens is 2. The van der Waals surface area contributed by atoms with Crippen molar-refractivity contribution < 1.29 is 17.2 Å². The molecule has 23 heavy (non-hydrogen) atoms. The molecule has 1 saturated heterocycles. The summed E-state index contributed by atoms with van der Waals surface area (Å²) in [6, 6.07) is 12.2. The van der Waals surface area contributed by atoms with Crippen molar-refractivity contribution in [3.05, 3.63) is 60.2 Å². The van der Waals surface area contributed by atoms with Crippen molar-refractivity contribution in [2.45, 2.75) is 4.90 Å². The molecule has 0 atom stereocenters. The van der Waals surface area contributed by atoms with Gasteiger partial charge in [0.1, 0.15) is 16.5 Å². The van der Waals surface area contributed by atoms with Gasteiger partial charge in [-0.15, -0.1) is 0 Å². The molecule has 122 valence electrons. The van der Waals surface area contributed by atoms with E-state index in [0.29, 0.717) is 19.2 Å². The largest absolute Gasteiger partial charge is 0.369 e. The fourth-order valence-corrected chi connectivity index (χ4v) is 4.12. The monoisotopic (exact) mass is 338 g/mol. The van der Waals surface area contributed by atoms with E-state index in [4.69, 9.17) is 0 Å². The summed E-state index contributed by atoms with van der Waals surface area (Å²) in [7, 11) is -3.95. The molecule has 0 aliphatic carbocycles. The standard InChI is InChI=1S/C16H16F2N2O2S/c17-13-6-7-16(15(18)12-13)23(21,22)20-10-8-19(9-11-20)14-4-2-1-3-5-14/h1-7,12H,8-11H2. The number of para-hydroxylation sites is 1. The zero-order valence-electron chi connectivity index (χ0n) is 12.3. The molecule has 0 aromatic heterocycles. The number of anilines is 1. The number of hydrogen-bond acceptors (Lipinski definition) is 3. The van der Waals surface area contributed by atoms with Crippen molar-refractivity contribution in [1.29, 1.82) is 0 Å². The quantitative estimate of drug-likeness (QED) is 0.863. The average Bonchev–Trinajstić information content (AvgIpc) is 2.55. The first kappa shape index (κ1) is 15.9. The average molecular weight is 338 g/mol. The summed E-state index contributed by atoms with van der Waals surface area (Å²) in [5.74, 6) is -1.86. The highest BCUT2D eigenvalue weighted by Gasteiger charge is 2.30. The topological polar surface area (TPSA) is 40.6 Å². The van der Waals surface area contributed by atoms with Crippen molar-refractivity contribution in [1.82, 2.24) is 4.31 Å². The fourth-order valence-electron chi connectivity index (χ4n) is 2.65. The minimum absolute atomic E-state index is 0.258. The van der Waals surface area contributed by atoms with Crippen LogP contribution < -0.4 is 4.90 Å². The van der Waals surface area contributed by atoms with Gasteiger partial charge >= 0.3 is 0 Å². The van der Waals surface area contributed by atoms with Crippen LogP contribution in [0.5, 0.6) is 0 Å². The summed E-state index contributed by atoms with van der Waals surface area (Å²) >= 11 is 0. The third-order valence-electron chi connectivity index (χ3n) is 3.87. The van der Waals surface area contributed by atoms with Crippen LogP contribution >= 0.6 is 0 Å². The first-order valence-corrected chi connectivity index (χ1v) is 8.68. The van der Waals surface area contributed by atoms with E-state index in [9.17, 15) is 17.2 Å². The molecule has 0 radical (unpaired) electrons. The third-order valence-corrected chi connectivity index (χ3v) is 5.80. The predicted octanol–water partition coefficient (Wildman–Crippen LogP) is 2.48. The maximum atomic E-state index is 13.8. The van der Waals surface area contributed by atoms with Crippen LogP contribution in [-0.4, -0.2) is 38.9 Å². The van der Waals surface area contributed by atoms with Gasteiger partial charge in [-0.2, -0.15) is 4.31 Å². The molecule has 0 bridgehead atoms. The van der Waals surface area contributed by atoms with Crippen molar-refractivity contribution in [3.8, 4) is 0 Å². The molecule has 7 heteroatoms. The highest BCUT2D eigenvalue weighted by Crippen LogP contribution is 2.23. The van der Waals surface area contributed by atoms with E-state index in [1.54, 1.807) is 0 Å². The lowest BCUT2D eigenvalue weighted by molar-refractivity contribution is 0.382. The summed E-state index contributed by atoms with van der Waals surface area (Å²) in [6.07, 6.45) is 0. The molecule has 0 amide bonds. The summed E-state index contributed by atoms with van der Waals surface area (Å²) in [4.78, 5) is 1.60. The van der Waals surface area contributed by atoms with Gasteiger partial charge in [0.05, 0.1) is 0 Å². The molecular weight excluding hydrogens is 322 g/mol. The van der Waals surface area contributed by atoms with Crippen molar-refractivity contribution in [2.24, 2.45) is 0 Å². The maximum Gasteiger partial charge on any atom is 0.246 e. The molecule has 1 aliphatic rings. The van der Waals surface area contributed by atoms with Crippen LogP contribution in [0.15, 0.2) is 53.4 Å². The number of nitrogens with zero attached hydrogens (tertiary/aromatic N) is 2. The second kappa shape index (κ2) is 6.25. The number of benzene rings is 2. The van der Waals surface area contributed by atoms with E-state index in [1.165, 1.54) is 4.31 Å². The lowest BCUT2D eigenvalue weighted by Crippen LogP contribution is -2.48. The van der Waals surface area contributed by atoms with Gasteiger partial charge in [0.2, 0.25) is 10.0 Å². The Hall–Kier alpha value is -1.99. The summed E-state index contributed by atoms with van der Waals surface area (Å²) in [5, 5.41) is 0. The molecule has 1 aliphatic heterocycles. The normalized spacial score (nSPS) is 16.5. The number of hydrogen-bond donors (Lipinski definition) is 0. The molecule has 4 nitrogen and oxygen atoms in total. The van der Waals surface area contributed by atoms with Gasteiger partial charge in [-0.25, -0.2) is 17.2 Å². The van der Waals surface area contributed by atoms with Crippen LogP contribution in [-0.2, 0) is 10.0 Å². The van der Waals surface area contributed by atoms with Crippen LogP contribution in [0.1, 0.15) is 0 Å². The minimum atomic E-state index is -3.95. The zero-order valence-corrected chi connectivity index (χ0v) is 13.1. The molecule has 1 fully saturated rings. The highest BCUT2D eigenvalue weighted by molar-refractivity contribution is 7.89. The summed E-state index contributed by atoms with van der Waals surface area (Å²) in [6.45, 7) is 1.56. The third kappa shape index (κ3) is 3.20. The first-order chi connectivity index (χ1) is 11.0. The highest BCUT2D eigenvalue weighted by atomic mass is 32.2. The Kier molecular flexibility index (Phi) is 4.32. The van der Waals surface area contributed by atoms with Crippen LogP contribution in [0, 0.1) is 11.6 Å². The van der Waals surface area contributed by atoms with Gasteiger partial charge in [0.25, 0.3) is 0 Å². The lowest BCUT2D eigenvalue weighted by atomic mass is 10.2. The van der Waals surface area contributed by atoms with Crippen LogP contribution in [0.4, 0.5) is 14.5 Å². The smallest absolute Gasteiger partial charge is 0.246 e. The molecule has 1 heterocycles. The van der Waals surface area contributed by atoms with Gasteiger partial charge in [0.15, 0.2) is 0 Å². The van der Waals surface area contributed by atoms with Gasteiger partial charge in [-0.1, -0.05) is 18.2 Å². The second-order valence-corrected chi connectivity index (χ2v) is 7.21. The van der Waals surface area contributed by atoms with E-state index < -0.39 is 26.6 Å². The summed E-state index contributed by atoms with van der Waals surface area (Å²) in [5.41, 5.74) is 1.03. The maximum absolute atomic E-state index is 13.8. The van der Waals surface area contributed by atoms with Crippen LogP contribution in [0.25, 0.3) is 0 Å². The Labute approximate surface area is 134 Å². The Morgan fingerprint density at radius 3 is 2.13 bits per heavy atom. The Bertz CT molecular complexity index is 789. The van der Waals surface area contributed by atoms with E-state index >= 15 is 0 Å². The van der Waals surface area contributed by atoms with E-state index in [1.807, 2.05) is 30.3 Å². The van der Waals surface area contributed by atoms with Gasteiger partial charge in [0, 0.05) is 37.9 Å². The molecule has 0 spiro atoms. The minimum Gasteiger partial charge on any atom is -0.369 e. The molecule has 2 aromatic carbocycles. The number of rotatable bonds is 3. The Balaban J connectivity index is 1.76. The van der Waals surface area contributed by atoms with Crippen LogP contribution in [0.3, 0.4) is 0 Å². The SMILES string of the molecule is O=S(=O)(c1ccc(F)cc1F)N1CCN(c2ccccc2)CC1. The first-order valence-electron chi connectivity index (χ1n) is 7.24. The van der Waals surface area contributed by atoms with Crippen molar-refractivity contribution >= 4 is 15.7 Å². The predicted molar refractivity (Wildman–Crippen MR) is 83.8 cm³/mol. The molecular formula is C16H16F2N2O2S. The Morgan fingerprint density at radius 1 is 0.870 bits per heavy atom. The molecule has 3 rings (SSSR count). The zero-order chi connectivity index (χ0) is 16.4. The molecule has 0 N–H and O–H groups in total. The molecule has 0 unspecified atom stereocenters. The van der Waals surface area contributed by atoms with Crippen molar-refractivity contribution in [3.63, 3.8) is 0 Å². The van der Waals surface area contributed by atoms with E-state index in [-0.39, 0.29) is 13.1 Å². The Morgan fingerprint density at radius 2 is 1.52 bits per heavy atom. The second-order valence-electron chi connectivity index (χ2n) is 5.30. The van der Waals surface area contributed by atoms with E-state index in [2.05, 4.69) is 4.90 Å². The van der Waals surface area contributed by atoms with Crippen LogP contribution in [0.2, 0.25) is 0 Å². The van der Waals surface area contributed by atoms with Gasteiger partial charge in [-0.05, 0) is 24.3 Å². The van der Waals surface area contributed by atoms with E-state index in [0.717, 1.165) is 17.8 Å². The lowest BCUT2D eigenvalue weighted by Gasteiger charge is -2.35.